The summed E-state index contributed by atoms with van der Waals surface area (Å²) in [4.78, 5) is 30.9. The molecule has 1 N–H and O–H groups in total. The first-order valence-electron chi connectivity index (χ1n) is 11.6. The van der Waals surface area contributed by atoms with Gasteiger partial charge in [0.05, 0.1) is 6.04 Å². The quantitative estimate of drug-likeness (QED) is 0.501. The second kappa shape index (κ2) is 12.6. The number of fused-ring (bicyclic) bond motifs is 1. The topological polar surface area (TPSA) is 71.1 Å². The maximum atomic E-state index is 13.4. The number of carbonyl (C=O) groups excluding carboxylic acids is 2. The molecule has 3 rings (SSSR count). The van der Waals surface area contributed by atoms with Gasteiger partial charge in [0.25, 0.3) is 0 Å². The summed E-state index contributed by atoms with van der Waals surface area (Å²) in [6.07, 6.45) is 2.35. The van der Waals surface area contributed by atoms with Gasteiger partial charge in [-0.1, -0.05) is 24.6 Å². The number of urea groups is 1. The first kappa shape index (κ1) is 25.1. The second-order valence-electron chi connectivity index (χ2n) is 8.28. The number of nitrogens with zero attached hydrogens (tertiary/aromatic N) is 2. The van der Waals surface area contributed by atoms with Crippen LogP contribution < -0.4 is 10.1 Å². The molecule has 8 heteroatoms. The molecule has 0 aliphatic carbocycles. The predicted octanol–water partition coefficient (Wildman–Crippen LogP) is 4.02. The van der Waals surface area contributed by atoms with E-state index in [1.54, 1.807) is 23.3 Å². The van der Waals surface area contributed by atoms with Gasteiger partial charge in [-0.3, -0.25) is 4.79 Å². The molecular formula is C25H35N3O4S. The maximum Gasteiger partial charge on any atom is 0.317 e. The van der Waals surface area contributed by atoms with Gasteiger partial charge in [0.2, 0.25) is 5.91 Å². The summed E-state index contributed by atoms with van der Waals surface area (Å²) < 4.78 is 11.2. The number of amides is 3. The number of hydrogen-bond donors (Lipinski definition) is 1. The summed E-state index contributed by atoms with van der Waals surface area (Å²) in [5.74, 6) is 0.726. The van der Waals surface area contributed by atoms with E-state index in [0.29, 0.717) is 39.3 Å². The molecule has 3 amide bonds. The molecule has 0 bridgehead atoms. The van der Waals surface area contributed by atoms with Crippen molar-refractivity contribution in [3.63, 3.8) is 0 Å². The molecule has 180 valence electrons. The van der Waals surface area contributed by atoms with Crippen LogP contribution in [0, 0.1) is 6.92 Å². The van der Waals surface area contributed by atoms with Crippen molar-refractivity contribution in [2.75, 3.05) is 46.5 Å². The van der Waals surface area contributed by atoms with E-state index in [0.717, 1.165) is 24.2 Å². The molecule has 0 unspecified atom stereocenters. The van der Waals surface area contributed by atoms with E-state index < -0.39 is 0 Å². The van der Waals surface area contributed by atoms with Crippen molar-refractivity contribution in [3.8, 4) is 5.75 Å². The molecule has 1 aliphatic heterocycles. The zero-order valence-corrected chi connectivity index (χ0v) is 20.7. The number of thiophene rings is 1. The number of methoxy groups -OCH3 is 1. The van der Waals surface area contributed by atoms with Gasteiger partial charge in [0, 0.05) is 38.2 Å². The standard InChI is InChI=1S/C25H35N3O4S/c1-4-12-26-25(30)27(13-5-15-31-3)17-24(29)28-14-10-23-21(11-16-33-23)22(28)18-32-20-8-6-19(2)7-9-20/h6-9,11,16,22H,4-5,10,12-15,17-18H2,1-3H3,(H,26,30)/t22-/m1/s1. The predicted molar refractivity (Wildman–Crippen MR) is 131 cm³/mol. The molecule has 1 aliphatic rings. The van der Waals surface area contributed by atoms with Crippen LogP contribution >= 0.6 is 11.3 Å². The lowest BCUT2D eigenvalue weighted by atomic mass is 10.0. The smallest absolute Gasteiger partial charge is 0.317 e. The van der Waals surface area contributed by atoms with Crippen LogP contribution in [0.5, 0.6) is 5.75 Å². The normalized spacial score (nSPS) is 15.1. The molecular weight excluding hydrogens is 438 g/mol. The number of benzene rings is 1. The number of nitrogens with one attached hydrogen (secondary N) is 1. The molecule has 2 aromatic rings. The van der Waals surface area contributed by atoms with Gasteiger partial charge in [-0.2, -0.15) is 0 Å². The summed E-state index contributed by atoms with van der Waals surface area (Å²) >= 11 is 1.73. The highest BCUT2D eigenvalue weighted by Gasteiger charge is 2.33. The van der Waals surface area contributed by atoms with Gasteiger partial charge in [0.15, 0.2) is 0 Å². The molecule has 0 spiro atoms. The van der Waals surface area contributed by atoms with Gasteiger partial charge in [-0.05, 0) is 55.3 Å². The summed E-state index contributed by atoms with van der Waals surface area (Å²) in [7, 11) is 1.64. The fourth-order valence-electron chi connectivity index (χ4n) is 3.93. The van der Waals surface area contributed by atoms with E-state index in [4.69, 9.17) is 9.47 Å². The van der Waals surface area contributed by atoms with Crippen LogP contribution in [0.25, 0.3) is 0 Å². The maximum absolute atomic E-state index is 13.4. The molecule has 0 saturated heterocycles. The van der Waals surface area contributed by atoms with Crippen molar-refractivity contribution in [2.45, 2.75) is 39.2 Å². The number of ether oxygens (including phenoxy) is 2. The van der Waals surface area contributed by atoms with Crippen LogP contribution in [0.1, 0.15) is 41.8 Å². The first-order valence-corrected chi connectivity index (χ1v) is 12.5. The third-order valence-electron chi connectivity index (χ3n) is 5.76. The van der Waals surface area contributed by atoms with Crippen molar-refractivity contribution in [1.29, 1.82) is 0 Å². The Balaban J connectivity index is 1.71. The summed E-state index contributed by atoms with van der Waals surface area (Å²) in [6, 6.07) is 9.65. The lowest BCUT2D eigenvalue weighted by Crippen LogP contribution is -2.50. The average molecular weight is 474 g/mol. The van der Waals surface area contributed by atoms with Crippen LogP contribution in [-0.2, 0) is 16.0 Å². The van der Waals surface area contributed by atoms with Crippen LogP contribution in [0.3, 0.4) is 0 Å². The molecule has 0 fully saturated rings. The highest BCUT2D eigenvalue weighted by Crippen LogP contribution is 2.34. The van der Waals surface area contributed by atoms with E-state index in [2.05, 4.69) is 16.8 Å². The molecule has 1 aromatic carbocycles. The van der Waals surface area contributed by atoms with Gasteiger partial charge < -0.3 is 24.6 Å². The lowest BCUT2D eigenvalue weighted by Gasteiger charge is -2.37. The fraction of sp³-hybridized carbons (Fsp3) is 0.520. The Hall–Kier alpha value is -2.58. The Bertz CT molecular complexity index is 899. The number of hydrogen-bond acceptors (Lipinski definition) is 5. The summed E-state index contributed by atoms with van der Waals surface area (Å²) in [5, 5.41) is 4.97. The average Bonchev–Trinajstić information content (AvgIpc) is 3.30. The summed E-state index contributed by atoms with van der Waals surface area (Å²) in [5.41, 5.74) is 2.32. The van der Waals surface area contributed by atoms with Crippen molar-refractivity contribution < 1.29 is 19.1 Å². The van der Waals surface area contributed by atoms with Crippen molar-refractivity contribution in [2.24, 2.45) is 0 Å². The molecule has 1 aromatic heterocycles. The highest BCUT2D eigenvalue weighted by atomic mass is 32.1. The number of aryl methyl sites for hydroxylation is 1. The second-order valence-corrected chi connectivity index (χ2v) is 9.28. The zero-order valence-electron chi connectivity index (χ0n) is 19.8. The molecule has 1 atom stereocenters. The van der Waals surface area contributed by atoms with E-state index >= 15 is 0 Å². The van der Waals surface area contributed by atoms with Gasteiger partial charge in [0.1, 0.15) is 18.9 Å². The Morgan fingerprint density at radius 3 is 2.76 bits per heavy atom. The Kier molecular flexibility index (Phi) is 9.57. The van der Waals surface area contributed by atoms with E-state index in [9.17, 15) is 9.59 Å². The van der Waals surface area contributed by atoms with E-state index in [1.165, 1.54) is 10.4 Å². The Morgan fingerprint density at radius 2 is 2.03 bits per heavy atom. The molecule has 2 heterocycles. The zero-order chi connectivity index (χ0) is 23.6. The molecule has 0 saturated carbocycles. The van der Waals surface area contributed by atoms with E-state index in [1.807, 2.05) is 43.0 Å². The SMILES string of the molecule is CCCNC(=O)N(CCCOC)CC(=O)N1CCc2sccc2[C@H]1COc1ccc(C)cc1. The van der Waals surface area contributed by atoms with Crippen LogP contribution in [0.2, 0.25) is 0 Å². The third-order valence-corrected chi connectivity index (χ3v) is 6.76. The van der Waals surface area contributed by atoms with Gasteiger partial charge >= 0.3 is 6.03 Å². The minimum absolute atomic E-state index is 0.0414. The minimum atomic E-state index is -0.206. The number of carbonyl (C=O) groups is 2. The monoisotopic (exact) mass is 473 g/mol. The van der Waals surface area contributed by atoms with Crippen LogP contribution in [-0.4, -0.2) is 68.2 Å². The van der Waals surface area contributed by atoms with E-state index in [-0.39, 0.29) is 24.5 Å². The molecule has 33 heavy (non-hydrogen) atoms. The van der Waals surface area contributed by atoms with Crippen molar-refractivity contribution in [3.05, 3.63) is 51.7 Å². The Labute approximate surface area is 200 Å². The van der Waals surface area contributed by atoms with Crippen molar-refractivity contribution >= 4 is 23.3 Å². The van der Waals surface area contributed by atoms with Crippen molar-refractivity contribution in [1.82, 2.24) is 15.1 Å². The summed E-state index contributed by atoms with van der Waals surface area (Å²) in [6.45, 7) is 6.69. The van der Waals surface area contributed by atoms with Crippen LogP contribution in [0.15, 0.2) is 35.7 Å². The lowest BCUT2D eigenvalue weighted by molar-refractivity contribution is -0.135. The van der Waals surface area contributed by atoms with Gasteiger partial charge in [-0.15, -0.1) is 11.3 Å². The highest BCUT2D eigenvalue weighted by molar-refractivity contribution is 7.10. The number of rotatable bonds is 11. The third kappa shape index (κ3) is 6.95. The fourth-order valence-corrected chi connectivity index (χ4v) is 4.86. The molecule has 7 nitrogen and oxygen atoms in total. The minimum Gasteiger partial charge on any atom is -0.491 e. The van der Waals surface area contributed by atoms with Crippen LogP contribution in [0.4, 0.5) is 4.79 Å². The first-order chi connectivity index (χ1) is 16.0. The molecule has 0 radical (unpaired) electrons. The van der Waals surface area contributed by atoms with Gasteiger partial charge in [-0.25, -0.2) is 4.79 Å². The Morgan fingerprint density at radius 1 is 1.24 bits per heavy atom. The largest absolute Gasteiger partial charge is 0.491 e.